The highest BCUT2D eigenvalue weighted by atomic mass is 19.4. The van der Waals surface area contributed by atoms with Gasteiger partial charge < -0.3 is 20.6 Å². The number of carbonyl (C=O) groups excluding carboxylic acids is 1. The molecule has 0 aromatic heterocycles. The van der Waals surface area contributed by atoms with E-state index in [-0.39, 0.29) is 17.5 Å². The zero-order valence-electron chi connectivity index (χ0n) is 14.7. The molecule has 2 atom stereocenters. The van der Waals surface area contributed by atoms with Gasteiger partial charge >= 0.3 is 18.1 Å². The summed E-state index contributed by atoms with van der Waals surface area (Å²) in [5.74, 6) is -3.65. The van der Waals surface area contributed by atoms with Crippen molar-refractivity contribution in [3.63, 3.8) is 0 Å². The Kier molecular flexibility index (Phi) is 6.60. The third-order valence-electron chi connectivity index (χ3n) is 4.06. The van der Waals surface area contributed by atoms with Crippen LogP contribution in [0, 0.1) is 0 Å². The van der Waals surface area contributed by atoms with Crippen LogP contribution >= 0.6 is 0 Å². The maximum atomic E-state index is 12.6. The Bertz CT molecular complexity index is 894. The van der Waals surface area contributed by atoms with Gasteiger partial charge in [0.05, 0.1) is 11.1 Å². The van der Waals surface area contributed by atoms with E-state index >= 15 is 0 Å². The minimum absolute atomic E-state index is 0.00221. The predicted molar refractivity (Wildman–Crippen MR) is 93.1 cm³/mol. The van der Waals surface area contributed by atoms with Gasteiger partial charge in [-0.3, -0.25) is 4.79 Å². The maximum absolute atomic E-state index is 12.6. The molecule has 0 aliphatic rings. The molecule has 29 heavy (non-hydrogen) atoms. The Balaban J connectivity index is 2.08. The highest BCUT2D eigenvalue weighted by Crippen LogP contribution is 2.30. The van der Waals surface area contributed by atoms with Gasteiger partial charge in [0.1, 0.15) is 6.04 Å². The molecule has 0 aliphatic carbocycles. The molecule has 0 aliphatic heterocycles. The lowest BCUT2D eigenvalue weighted by atomic mass is 10.0. The topological polar surface area (TPSA) is 124 Å². The zero-order chi connectivity index (χ0) is 21.8. The van der Waals surface area contributed by atoms with Crippen molar-refractivity contribution in [1.82, 2.24) is 5.32 Å². The molecular weight excluding hydrogens is 395 g/mol. The fraction of sp³-hybridized carbons (Fsp3) is 0.211. The third kappa shape index (κ3) is 5.79. The second-order valence-electron chi connectivity index (χ2n) is 6.13. The monoisotopic (exact) mass is 411 g/mol. The smallest absolute Gasteiger partial charge is 0.416 e. The maximum Gasteiger partial charge on any atom is 0.416 e. The van der Waals surface area contributed by atoms with Gasteiger partial charge in [0.25, 0.3) is 5.91 Å². The number of halogens is 3. The fourth-order valence-corrected chi connectivity index (χ4v) is 2.48. The minimum atomic E-state index is -4.57. The first kappa shape index (κ1) is 21.9. The van der Waals surface area contributed by atoms with Crippen molar-refractivity contribution >= 4 is 17.8 Å². The number of amides is 1. The van der Waals surface area contributed by atoms with E-state index in [4.69, 9.17) is 5.11 Å². The lowest BCUT2D eigenvalue weighted by Gasteiger charge is -2.18. The molecule has 7 nitrogen and oxygen atoms in total. The average molecular weight is 411 g/mol. The van der Waals surface area contributed by atoms with Gasteiger partial charge in [0, 0.05) is 6.42 Å². The molecule has 1 amide bonds. The van der Waals surface area contributed by atoms with E-state index < -0.39 is 41.7 Å². The standard InChI is InChI=1S/C19H16F3NO6/c20-19(21,22)13-7-5-11(6-8-13)15(24)16(25)23-14(18(28)29)9-10-1-3-12(4-2-10)17(26)27/h1-8,14-15,24H,9H2,(H,23,25)(H,26,27)(H,28,29)/t14-,15+/m1/s1. The number of aliphatic hydroxyl groups is 1. The molecule has 0 fully saturated rings. The largest absolute Gasteiger partial charge is 0.480 e. The summed E-state index contributed by atoms with van der Waals surface area (Å²) in [5.41, 5.74) is -0.665. The van der Waals surface area contributed by atoms with E-state index in [1.54, 1.807) is 0 Å². The van der Waals surface area contributed by atoms with Gasteiger partial charge in [-0.1, -0.05) is 24.3 Å². The Morgan fingerprint density at radius 3 is 1.93 bits per heavy atom. The average Bonchev–Trinajstić information content (AvgIpc) is 2.66. The molecule has 0 saturated heterocycles. The molecule has 2 aromatic rings. The number of carboxylic acid groups (broad SMARTS) is 2. The Morgan fingerprint density at radius 1 is 0.931 bits per heavy atom. The molecule has 0 spiro atoms. The number of benzene rings is 2. The summed E-state index contributed by atoms with van der Waals surface area (Å²) in [7, 11) is 0. The quantitative estimate of drug-likeness (QED) is 0.554. The summed E-state index contributed by atoms with van der Waals surface area (Å²) >= 11 is 0. The second kappa shape index (κ2) is 8.74. The minimum Gasteiger partial charge on any atom is -0.480 e. The van der Waals surface area contributed by atoms with Crippen LogP contribution in [0.25, 0.3) is 0 Å². The van der Waals surface area contributed by atoms with Gasteiger partial charge in [-0.15, -0.1) is 0 Å². The summed E-state index contributed by atoms with van der Waals surface area (Å²) < 4.78 is 37.7. The second-order valence-corrected chi connectivity index (χ2v) is 6.13. The van der Waals surface area contributed by atoms with Gasteiger partial charge in [-0.05, 0) is 35.4 Å². The van der Waals surface area contributed by atoms with Crippen molar-refractivity contribution in [2.24, 2.45) is 0 Å². The van der Waals surface area contributed by atoms with Gasteiger partial charge in [-0.25, -0.2) is 9.59 Å². The normalized spacial score (nSPS) is 13.4. The van der Waals surface area contributed by atoms with E-state index in [1.165, 1.54) is 24.3 Å². The number of hydrogen-bond acceptors (Lipinski definition) is 4. The first-order chi connectivity index (χ1) is 13.5. The summed E-state index contributed by atoms with van der Waals surface area (Å²) in [4.78, 5) is 34.4. The van der Waals surface area contributed by atoms with Crippen LogP contribution in [0.1, 0.15) is 33.2 Å². The summed E-state index contributed by atoms with van der Waals surface area (Å²) in [6.07, 6.45) is -6.63. The SMILES string of the molecule is O=C(O)c1ccc(C[C@@H](NC(=O)[C@@H](O)c2ccc(C(F)(F)F)cc2)C(=O)O)cc1. The van der Waals surface area contributed by atoms with Gasteiger partial charge in [-0.2, -0.15) is 13.2 Å². The highest BCUT2D eigenvalue weighted by Gasteiger charge is 2.31. The number of hydrogen-bond donors (Lipinski definition) is 4. The lowest BCUT2D eigenvalue weighted by Crippen LogP contribution is -2.44. The molecule has 0 heterocycles. The van der Waals surface area contributed by atoms with Crippen molar-refractivity contribution in [3.05, 3.63) is 70.8 Å². The number of carboxylic acids is 2. The van der Waals surface area contributed by atoms with E-state index in [9.17, 15) is 37.8 Å². The van der Waals surface area contributed by atoms with E-state index in [0.29, 0.717) is 17.7 Å². The zero-order valence-corrected chi connectivity index (χ0v) is 14.7. The number of aliphatic carboxylic acids is 1. The van der Waals surface area contributed by atoms with Crippen LogP contribution in [-0.2, 0) is 22.2 Å². The molecule has 2 rings (SSSR count). The van der Waals surface area contributed by atoms with Crippen molar-refractivity contribution in [2.75, 3.05) is 0 Å². The molecule has 0 saturated carbocycles. The Hall–Kier alpha value is -3.40. The molecule has 0 radical (unpaired) electrons. The number of aliphatic hydroxyl groups excluding tert-OH is 1. The van der Waals surface area contributed by atoms with E-state index in [2.05, 4.69) is 5.32 Å². The molecule has 2 aromatic carbocycles. The number of alkyl halides is 3. The van der Waals surface area contributed by atoms with Crippen LogP contribution < -0.4 is 5.32 Å². The highest BCUT2D eigenvalue weighted by molar-refractivity contribution is 5.88. The summed E-state index contributed by atoms with van der Waals surface area (Å²) in [6.45, 7) is 0. The van der Waals surface area contributed by atoms with Crippen LogP contribution in [0.3, 0.4) is 0 Å². The van der Waals surface area contributed by atoms with E-state index in [1.807, 2.05) is 0 Å². The molecule has 4 N–H and O–H groups in total. The van der Waals surface area contributed by atoms with Crippen molar-refractivity contribution in [1.29, 1.82) is 0 Å². The van der Waals surface area contributed by atoms with E-state index in [0.717, 1.165) is 12.1 Å². The van der Waals surface area contributed by atoms with Gasteiger partial charge in [0.15, 0.2) is 6.10 Å². The Morgan fingerprint density at radius 2 is 1.48 bits per heavy atom. The Labute approximate surface area is 162 Å². The number of nitrogens with one attached hydrogen (secondary N) is 1. The molecule has 0 unspecified atom stereocenters. The van der Waals surface area contributed by atoms with Crippen molar-refractivity contribution in [2.45, 2.75) is 24.7 Å². The summed E-state index contributed by atoms with van der Waals surface area (Å²) in [6, 6.07) is 7.12. The molecular formula is C19H16F3NO6. The number of rotatable bonds is 7. The molecule has 154 valence electrons. The predicted octanol–water partition coefficient (Wildman–Crippen LogP) is 2.25. The fourth-order valence-electron chi connectivity index (χ4n) is 2.48. The van der Waals surface area contributed by atoms with Crippen molar-refractivity contribution < 1.29 is 42.9 Å². The van der Waals surface area contributed by atoms with Crippen LogP contribution in [-0.4, -0.2) is 39.2 Å². The molecule has 0 bridgehead atoms. The number of carbonyl (C=O) groups is 3. The number of aromatic carboxylic acids is 1. The van der Waals surface area contributed by atoms with Gasteiger partial charge in [0.2, 0.25) is 0 Å². The van der Waals surface area contributed by atoms with Crippen LogP contribution in [0.2, 0.25) is 0 Å². The third-order valence-corrected chi connectivity index (χ3v) is 4.06. The first-order valence-corrected chi connectivity index (χ1v) is 8.19. The summed E-state index contributed by atoms with van der Waals surface area (Å²) in [5, 5.41) is 30.3. The van der Waals surface area contributed by atoms with Crippen LogP contribution in [0.15, 0.2) is 48.5 Å². The molecule has 10 heteroatoms. The van der Waals surface area contributed by atoms with Crippen LogP contribution in [0.5, 0.6) is 0 Å². The van der Waals surface area contributed by atoms with Crippen molar-refractivity contribution in [3.8, 4) is 0 Å². The van der Waals surface area contributed by atoms with Crippen LogP contribution in [0.4, 0.5) is 13.2 Å². The first-order valence-electron chi connectivity index (χ1n) is 8.19. The lowest BCUT2D eigenvalue weighted by molar-refractivity contribution is -0.143.